The van der Waals surface area contributed by atoms with E-state index in [1.807, 2.05) is 0 Å². The van der Waals surface area contributed by atoms with Gasteiger partial charge in [-0.3, -0.25) is 4.79 Å². The Bertz CT molecular complexity index is 391. The third-order valence-corrected chi connectivity index (χ3v) is 3.19. The molecule has 1 N–H and O–H groups in total. The highest BCUT2D eigenvalue weighted by atomic mass is 19.1. The molecule has 3 nitrogen and oxygen atoms in total. The number of aliphatic hydroxyl groups excluding tert-OH is 1. The third-order valence-electron chi connectivity index (χ3n) is 3.19. The summed E-state index contributed by atoms with van der Waals surface area (Å²) in [4.78, 5) is 13.9. The fourth-order valence-corrected chi connectivity index (χ4v) is 2.22. The molecular weight excluding hydrogens is 221 g/mol. The average molecular weight is 237 g/mol. The molecule has 17 heavy (non-hydrogen) atoms. The smallest absolute Gasteiger partial charge is 0.254 e. The van der Waals surface area contributed by atoms with Gasteiger partial charge in [0, 0.05) is 12.1 Å². The van der Waals surface area contributed by atoms with E-state index >= 15 is 0 Å². The number of aliphatic hydroxyl groups is 1. The number of carbonyl (C=O) groups excluding carboxylic acids is 1. The summed E-state index contributed by atoms with van der Waals surface area (Å²) >= 11 is 0. The van der Waals surface area contributed by atoms with Crippen molar-refractivity contribution in [3.63, 3.8) is 0 Å². The molecule has 0 spiro atoms. The summed E-state index contributed by atoms with van der Waals surface area (Å²) in [7, 11) is 0. The van der Waals surface area contributed by atoms with E-state index < -0.39 is 0 Å². The lowest BCUT2D eigenvalue weighted by atomic mass is 10.0. The molecule has 0 aromatic heterocycles. The molecule has 4 heteroatoms. The lowest BCUT2D eigenvalue weighted by molar-refractivity contribution is 0.0503. The van der Waals surface area contributed by atoms with Gasteiger partial charge >= 0.3 is 0 Å². The van der Waals surface area contributed by atoms with Gasteiger partial charge in [0.2, 0.25) is 0 Å². The van der Waals surface area contributed by atoms with Crippen molar-refractivity contribution in [1.82, 2.24) is 4.90 Å². The Balaban J connectivity index is 2.15. The van der Waals surface area contributed by atoms with Crippen LogP contribution in [-0.4, -0.2) is 35.1 Å². The topological polar surface area (TPSA) is 40.5 Å². The first kappa shape index (κ1) is 12.0. The zero-order chi connectivity index (χ0) is 12.3. The van der Waals surface area contributed by atoms with Gasteiger partial charge in [-0.25, -0.2) is 4.39 Å². The molecule has 1 aliphatic rings. The van der Waals surface area contributed by atoms with Gasteiger partial charge in [-0.2, -0.15) is 0 Å². The van der Waals surface area contributed by atoms with Crippen molar-refractivity contribution in [2.24, 2.45) is 0 Å². The molecule has 0 bridgehead atoms. The van der Waals surface area contributed by atoms with Gasteiger partial charge in [0.15, 0.2) is 0 Å². The van der Waals surface area contributed by atoms with Gasteiger partial charge in [-0.15, -0.1) is 0 Å². The van der Waals surface area contributed by atoms with Crippen LogP contribution in [0.3, 0.4) is 0 Å². The van der Waals surface area contributed by atoms with Gasteiger partial charge < -0.3 is 10.0 Å². The predicted molar refractivity (Wildman–Crippen MR) is 62.2 cm³/mol. The number of halogens is 1. The Hall–Kier alpha value is -1.42. The first-order valence-corrected chi connectivity index (χ1v) is 5.90. The highest BCUT2D eigenvalue weighted by Crippen LogP contribution is 2.19. The maximum Gasteiger partial charge on any atom is 0.254 e. The average Bonchev–Trinajstić information content (AvgIpc) is 2.39. The number of rotatable bonds is 2. The standard InChI is InChI=1S/C13H16FNO2/c14-11-6-4-10(5-7-11)13(17)15-8-2-1-3-12(15)9-16/h4-7,12,16H,1-3,8-9H2/t12-/m1/s1. The summed E-state index contributed by atoms with van der Waals surface area (Å²) < 4.78 is 12.8. The number of benzene rings is 1. The Morgan fingerprint density at radius 2 is 2.06 bits per heavy atom. The number of amides is 1. The van der Waals surface area contributed by atoms with Crippen molar-refractivity contribution >= 4 is 5.91 Å². The maximum atomic E-state index is 12.8. The highest BCUT2D eigenvalue weighted by molar-refractivity contribution is 5.94. The van der Waals surface area contributed by atoms with Crippen LogP contribution in [0.1, 0.15) is 29.6 Å². The monoisotopic (exact) mass is 237 g/mol. The first-order valence-electron chi connectivity index (χ1n) is 5.90. The maximum absolute atomic E-state index is 12.8. The number of piperidine rings is 1. The van der Waals surface area contributed by atoms with E-state index in [1.54, 1.807) is 4.90 Å². The van der Waals surface area contributed by atoms with Crippen LogP contribution < -0.4 is 0 Å². The van der Waals surface area contributed by atoms with Gasteiger partial charge in [0.1, 0.15) is 5.82 Å². The second-order valence-electron chi connectivity index (χ2n) is 4.34. The second-order valence-corrected chi connectivity index (χ2v) is 4.34. The summed E-state index contributed by atoms with van der Waals surface area (Å²) in [5.41, 5.74) is 0.478. The van der Waals surface area contributed by atoms with Crippen LogP contribution in [0.2, 0.25) is 0 Å². The van der Waals surface area contributed by atoms with E-state index in [1.165, 1.54) is 24.3 Å². The van der Waals surface area contributed by atoms with Gasteiger partial charge in [-0.1, -0.05) is 0 Å². The Morgan fingerprint density at radius 1 is 1.35 bits per heavy atom. The lowest BCUT2D eigenvalue weighted by Gasteiger charge is -2.34. The van der Waals surface area contributed by atoms with Crippen LogP contribution in [0.4, 0.5) is 4.39 Å². The summed E-state index contributed by atoms with van der Waals surface area (Å²) in [6, 6.07) is 5.44. The molecule has 2 rings (SSSR count). The van der Waals surface area contributed by atoms with Gasteiger partial charge in [-0.05, 0) is 43.5 Å². The number of likely N-dealkylation sites (tertiary alicyclic amines) is 1. The van der Waals surface area contributed by atoms with Crippen molar-refractivity contribution in [3.8, 4) is 0 Å². The third kappa shape index (κ3) is 2.64. The zero-order valence-electron chi connectivity index (χ0n) is 9.60. The quantitative estimate of drug-likeness (QED) is 0.852. The summed E-state index contributed by atoms with van der Waals surface area (Å²) in [6.45, 7) is 0.661. The normalized spacial score (nSPS) is 20.4. The van der Waals surface area contributed by atoms with E-state index in [9.17, 15) is 14.3 Å². The highest BCUT2D eigenvalue weighted by Gasteiger charge is 2.26. The zero-order valence-corrected chi connectivity index (χ0v) is 9.60. The van der Waals surface area contributed by atoms with Crippen molar-refractivity contribution in [1.29, 1.82) is 0 Å². The Kier molecular flexibility index (Phi) is 3.74. The number of nitrogens with zero attached hydrogens (tertiary/aromatic N) is 1. The molecule has 1 saturated heterocycles. The Labute approximate surface area is 99.9 Å². The first-order chi connectivity index (χ1) is 8.22. The van der Waals surface area contributed by atoms with Crippen LogP contribution in [0.25, 0.3) is 0 Å². The minimum absolute atomic E-state index is 0.00701. The SMILES string of the molecule is O=C(c1ccc(F)cc1)N1CCCC[C@@H]1CO. The molecule has 0 unspecified atom stereocenters. The van der Waals surface area contributed by atoms with Crippen molar-refractivity contribution in [2.75, 3.05) is 13.2 Å². The van der Waals surface area contributed by atoms with E-state index in [0.29, 0.717) is 12.1 Å². The van der Waals surface area contributed by atoms with E-state index in [2.05, 4.69) is 0 Å². The minimum atomic E-state index is -0.348. The minimum Gasteiger partial charge on any atom is -0.394 e. The van der Waals surface area contributed by atoms with E-state index in [0.717, 1.165) is 19.3 Å². The lowest BCUT2D eigenvalue weighted by Crippen LogP contribution is -2.45. The predicted octanol–water partition coefficient (Wildman–Crippen LogP) is 1.81. The second kappa shape index (κ2) is 5.27. The summed E-state index contributed by atoms with van der Waals surface area (Å²) in [5.74, 6) is -0.470. The summed E-state index contributed by atoms with van der Waals surface area (Å²) in [5, 5.41) is 9.25. The van der Waals surface area contributed by atoms with Crippen molar-refractivity contribution in [2.45, 2.75) is 25.3 Å². The molecule has 1 heterocycles. The fraction of sp³-hybridized carbons (Fsp3) is 0.462. The molecule has 1 aromatic rings. The number of hydrogen-bond acceptors (Lipinski definition) is 2. The van der Waals surface area contributed by atoms with Gasteiger partial charge in [0.25, 0.3) is 5.91 Å². The molecule has 0 saturated carbocycles. The molecule has 1 aliphatic heterocycles. The molecular formula is C13H16FNO2. The van der Waals surface area contributed by atoms with Crippen LogP contribution in [0.15, 0.2) is 24.3 Å². The van der Waals surface area contributed by atoms with Gasteiger partial charge in [0.05, 0.1) is 12.6 Å². The van der Waals surface area contributed by atoms with E-state index in [-0.39, 0.29) is 24.4 Å². The van der Waals surface area contributed by atoms with E-state index in [4.69, 9.17) is 0 Å². The summed E-state index contributed by atoms with van der Waals surface area (Å²) in [6.07, 6.45) is 2.84. The number of carbonyl (C=O) groups is 1. The van der Waals surface area contributed by atoms with Crippen molar-refractivity contribution in [3.05, 3.63) is 35.6 Å². The number of hydrogen-bond donors (Lipinski definition) is 1. The molecule has 1 amide bonds. The molecule has 0 aliphatic carbocycles. The molecule has 1 aromatic carbocycles. The van der Waals surface area contributed by atoms with Crippen LogP contribution in [0, 0.1) is 5.82 Å². The van der Waals surface area contributed by atoms with Crippen molar-refractivity contribution < 1.29 is 14.3 Å². The fourth-order valence-electron chi connectivity index (χ4n) is 2.22. The van der Waals surface area contributed by atoms with Crippen LogP contribution in [-0.2, 0) is 0 Å². The Morgan fingerprint density at radius 3 is 2.71 bits per heavy atom. The molecule has 1 atom stereocenters. The van der Waals surface area contributed by atoms with Crippen LogP contribution >= 0.6 is 0 Å². The largest absolute Gasteiger partial charge is 0.394 e. The molecule has 92 valence electrons. The van der Waals surface area contributed by atoms with Crippen LogP contribution in [0.5, 0.6) is 0 Å². The molecule has 1 fully saturated rings. The molecule has 0 radical (unpaired) electrons.